The molecule has 0 saturated heterocycles. The number of amides is 1. The molecule has 0 aliphatic carbocycles. The van der Waals surface area contributed by atoms with Gasteiger partial charge in [-0.25, -0.2) is 0 Å². The lowest BCUT2D eigenvalue weighted by molar-refractivity contribution is 0.0954. The zero-order chi connectivity index (χ0) is 10.6. The molecule has 0 aliphatic rings. The van der Waals surface area contributed by atoms with E-state index in [-0.39, 0.29) is 18.3 Å². The topological polar surface area (TPSA) is 55.1 Å². The highest BCUT2D eigenvalue weighted by atomic mass is 127. The van der Waals surface area contributed by atoms with Crippen molar-refractivity contribution in [1.82, 2.24) is 5.32 Å². The Labute approximate surface area is 109 Å². The molecule has 0 aliphatic heterocycles. The van der Waals surface area contributed by atoms with Crippen molar-refractivity contribution in [2.45, 2.75) is 6.92 Å². The van der Waals surface area contributed by atoms with Gasteiger partial charge in [-0.05, 0) is 41.6 Å². The molecule has 0 atom stereocenters. The molecular formula is C10H14ClIN2O. The lowest BCUT2D eigenvalue weighted by Crippen LogP contribution is -2.29. The maximum absolute atomic E-state index is 11.6. The second-order valence-electron chi connectivity index (χ2n) is 3.03. The Balaban J connectivity index is 0.00000196. The number of hydrogen-bond donors (Lipinski definition) is 2. The maximum atomic E-state index is 11.6. The molecule has 1 rings (SSSR count). The number of benzene rings is 1. The number of carbonyl (C=O) groups excluding carboxylic acids is 1. The predicted molar refractivity (Wildman–Crippen MR) is 72.5 cm³/mol. The molecule has 0 radical (unpaired) electrons. The molecule has 0 spiro atoms. The molecule has 0 bridgehead atoms. The van der Waals surface area contributed by atoms with Gasteiger partial charge < -0.3 is 11.1 Å². The highest BCUT2D eigenvalue weighted by Gasteiger charge is 2.08. The molecule has 0 aromatic heterocycles. The normalized spacial score (nSPS) is 9.27. The third-order valence-corrected chi connectivity index (χ3v) is 2.74. The summed E-state index contributed by atoms with van der Waals surface area (Å²) in [6.45, 7) is 2.95. The zero-order valence-electron chi connectivity index (χ0n) is 8.42. The summed E-state index contributed by atoms with van der Waals surface area (Å²) < 4.78 is 0.961. The summed E-state index contributed by atoms with van der Waals surface area (Å²) in [7, 11) is 0. The lowest BCUT2D eigenvalue weighted by atomic mass is 10.1. The van der Waals surface area contributed by atoms with Crippen molar-refractivity contribution in [2.24, 2.45) is 5.73 Å². The minimum absolute atomic E-state index is 0. The molecule has 0 fully saturated rings. The van der Waals surface area contributed by atoms with Crippen molar-refractivity contribution in [1.29, 1.82) is 0 Å². The zero-order valence-corrected chi connectivity index (χ0v) is 11.4. The van der Waals surface area contributed by atoms with Crippen molar-refractivity contribution in [2.75, 3.05) is 13.1 Å². The van der Waals surface area contributed by atoms with Gasteiger partial charge in [0.05, 0.1) is 5.56 Å². The van der Waals surface area contributed by atoms with Crippen molar-refractivity contribution in [3.63, 3.8) is 0 Å². The van der Waals surface area contributed by atoms with Crippen LogP contribution in [-0.2, 0) is 0 Å². The molecule has 0 heterocycles. The van der Waals surface area contributed by atoms with E-state index in [1.165, 1.54) is 0 Å². The van der Waals surface area contributed by atoms with Gasteiger partial charge in [-0.1, -0.05) is 11.6 Å². The van der Waals surface area contributed by atoms with E-state index in [1.54, 1.807) is 0 Å². The number of hydrogen-bond acceptors (Lipinski definition) is 2. The number of aryl methyl sites for hydroxylation is 1. The molecule has 3 N–H and O–H groups in total. The van der Waals surface area contributed by atoms with E-state index >= 15 is 0 Å². The molecule has 1 aromatic rings. The third-order valence-electron chi connectivity index (χ3n) is 1.80. The Kier molecular flexibility index (Phi) is 6.87. The van der Waals surface area contributed by atoms with Crippen LogP contribution in [-0.4, -0.2) is 19.0 Å². The van der Waals surface area contributed by atoms with E-state index in [9.17, 15) is 4.79 Å². The Bertz CT molecular complexity index is 344. The number of halogens is 2. The number of nitrogens with one attached hydrogen (secondary N) is 1. The van der Waals surface area contributed by atoms with E-state index in [4.69, 9.17) is 5.73 Å². The summed E-state index contributed by atoms with van der Waals surface area (Å²) in [5, 5.41) is 2.75. The molecule has 5 heteroatoms. The fourth-order valence-electron chi connectivity index (χ4n) is 1.09. The fourth-order valence-corrected chi connectivity index (χ4v) is 1.67. The van der Waals surface area contributed by atoms with E-state index in [0.29, 0.717) is 13.1 Å². The van der Waals surface area contributed by atoms with Gasteiger partial charge in [0, 0.05) is 16.7 Å². The third kappa shape index (κ3) is 4.36. The van der Waals surface area contributed by atoms with Crippen LogP contribution in [0, 0.1) is 10.5 Å². The Morgan fingerprint density at radius 3 is 2.80 bits per heavy atom. The minimum atomic E-state index is -0.0523. The summed E-state index contributed by atoms with van der Waals surface area (Å²) >= 11 is 2.15. The average Bonchev–Trinajstić information content (AvgIpc) is 2.18. The molecule has 84 valence electrons. The van der Waals surface area contributed by atoms with Crippen molar-refractivity contribution in [3.05, 3.63) is 32.9 Å². The monoisotopic (exact) mass is 340 g/mol. The van der Waals surface area contributed by atoms with Gasteiger partial charge in [0.15, 0.2) is 0 Å². The molecule has 0 unspecified atom stereocenters. The number of nitrogens with two attached hydrogens (primary N) is 1. The maximum Gasteiger partial charge on any atom is 0.252 e. The van der Waals surface area contributed by atoms with Gasteiger partial charge in [0.1, 0.15) is 0 Å². The van der Waals surface area contributed by atoms with Gasteiger partial charge in [0.25, 0.3) is 5.91 Å². The molecule has 1 aromatic carbocycles. The van der Waals surface area contributed by atoms with Crippen molar-refractivity contribution < 1.29 is 4.79 Å². The quantitative estimate of drug-likeness (QED) is 0.823. The number of carbonyl (C=O) groups is 1. The number of rotatable bonds is 3. The van der Waals surface area contributed by atoms with Gasteiger partial charge in [-0.2, -0.15) is 0 Å². The van der Waals surface area contributed by atoms with Gasteiger partial charge in [-0.3, -0.25) is 4.79 Å². The summed E-state index contributed by atoms with van der Waals surface area (Å²) in [6.07, 6.45) is 0. The van der Waals surface area contributed by atoms with Crippen LogP contribution < -0.4 is 11.1 Å². The lowest BCUT2D eigenvalue weighted by Gasteiger charge is -2.06. The average molecular weight is 341 g/mol. The van der Waals surface area contributed by atoms with Crippen LogP contribution in [0.1, 0.15) is 15.9 Å². The first-order valence-electron chi connectivity index (χ1n) is 4.39. The van der Waals surface area contributed by atoms with Crippen LogP contribution in [0.25, 0.3) is 0 Å². The highest BCUT2D eigenvalue weighted by molar-refractivity contribution is 14.1. The molecule has 0 saturated carbocycles. The highest BCUT2D eigenvalue weighted by Crippen LogP contribution is 2.13. The smallest absolute Gasteiger partial charge is 0.252 e. The SMILES string of the molecule is Cc1ccc(I)c(C(=O)NCCN)c1.Cl. The largest absolute Gasteiger partial charge is 0.351 e. The Hall–Kier alpha value is -0.330. The first kappa shape index (κ1) is 14.7. The van der Waals surface area contributed by atoms with Crippen LogP contribution in [0.4, 0.5) is 0 Å². The van der Waals surface area contributed by atoms with Crippen LogP contribution in [0.2, 0.25) is 0 Å². The standard InChI is InChI=1S/C10H13IN2O.ClH/c1-7-2-3-9(11)8(6-7)10(14)13-5-4-12;/h2-3,6H,4-5,12H2,1H3,(H,13,14);1H. The second kappa shape index (κ2) is 7.03. The van der Waals surface area contributed by atoms with Gasteiger partial charge in [0.2, 0.25) is 0 Å². The predicted octanol–water partition coefficient (Wildman–Crippen LogP) is 1.71. The minimum Gasteiger partial charge on any atom is -0.351 e. The Morgan fingerprint density at radius 1 is 1.53 bits per heavy atom. The summed E-state index contributed by atoms with van der Waals surface area (Å²) in [4.78, 5) is 11.6. The van der Waals surface area contributed by atoms with E-state index in [1.807, 2.05) is 25.1 Å². The summed E-state index contributed by atoms with van der Waals surface area (Å²) in [5.41, 5.74) is 7.11. The van der Waals surface area contributed by atoms with Crippen molar-refractivity contribution in [3.8, 4) is 0 Å². The van der Waals surface area contributed by atoms with Crippen LogP contribution in [0.3, 0.4) is 0 Å². The first-order valence-corrected chi connectivity index (χ1v) is 5.47. The Morgan fingerprint density at radius 2 is 2.20 bits per heavy atom. The van der Waals surface area contributed by atoms with Crippen molar-refractivity contribution >= 4 is 40.9 Å². The van der Waals surface area contributed by atoms with E-state index in [2.05, 4.69) is 27.9 Å². The van der Waals surface area contributed by atoms with Gasteiger partial charge in [-0.15, -0.1) is 12.4 Å². The molecule has 1 amide bonds. The fraction of sp³-hybridized carbons (Fsp3) is 0.300. The van der Waals surface area contributed by atoms with E-state index < -0.39 is 0 Å². The summed E-state index contributed by atoms with van der Waals surface area (Å²) in [6, 6.07) is 5.81. The molecular weight excluding hydrogens is 326 g/mol. The molecule has 15 heavy (non-hydrogen) atoms. The van der Waals surface area contributed by atoms with Crippen LogP contribution in [0.15, 0.2) is 18.2 Å². The van der Waals surface area contributed by atoms with Gasteiger partial charge >= 0.3 is 0 Å². The first-order chi connectivity index (χ1) is 6.65. The van der Waals surface area contributed by atoms with E-state index in [0.717, 1.165) is 14.7 Å². The summed E-state index contributed by atoms with van der Waals surface area (Å²) in [5.74, 6) is -0.0523. The molecule has 3 nitrogen and oxygen atoms in total. The van der Waals surface area contributed by atoms with Crippen LogP contribution >= 0.6 is 35.0 Å². The second-order valence-corrected chi connectivity index (χ2v) is 4.19. The van der Waals surface area contributed by atoms with Crippen LogP contribution in [0.5, 0.6) is 0 Å².